The number of halogens is 5. The van der Waals surface area contributed by atoms with Crippen molar-refractivity contribution in [3.63, 3.8) is 0 Å². The molecule has 0 saturated heterocycles. The molecule has 1 aromatic rings. The average molecular weight is 256 g/mol. The number of carbonyl (C=O) groups is 1. The Hall–Kier alpha value is -1.60. The molecule has 96 valence electrons. The molecule has 1 rings (SSSR count). The molecule has 0 unspecified atom stereocenters. The highest BCUT2D eigenvalue weighted by atomic mass is 19.4. The Bertz CT molecular complexity index is 410. The van der Waals surface area contributed by atoms with E-state index in [4.69, 9.17) is 0 Å². The number of carbonyl (C=O) groups excluding carboxylic acids is 1. The summed E-state index contributed by atoms with van der Waals surface area (Å²) in [5, 5.41) is 1.54. The van der Waals surface area contributed by atoms with Gasteiger partial charge in [0.1, 0.15) is 0 Å². The summed E-state index contributed by atoms with van der Waals surface area (Å²) in [6, 6.07) is 1.49. The third-order valence-electron chi connectivity index (χ3n) is 1.99. The molecule has 1 N–H and O–H groups in total. The van der Waals surface area contributed by atoms with E-state index in [1.165, 1.54) is 17.6 Å². The maximum atomic E-state index is 12.5. The maximum Gasteiger partial charge on any atom is 0.463 e. The first-order valence-corrected chi connectivity index (χ1v) is 4.48. The van der Waals surface area contributed by atoms with Crippen LogP contribution in [0.2, 0.25) is 0 Å². The van der Waals surface area contributed by atoms with Crippen molar-refractivity contribution in [1.82, 2.24) is 9.88 Å². The SMILES string of the molecule is Cn1ccc(CNC(=O)C(F)(F)C(F)(F)F)c1. The van der Waals surface area contributed by atoms with Gasteiger partial charge in [-0.2, -0.15) is 22.0 Å². The zero-order valence-electron chi connectivity index (χ0n) is 8.68. The predicted octanol–water partition coefficient (Wildman–Crippen LogP) is 1.84. The second kappa shape index (κ2) is 4.34. The molecule has 0 aliphatic heterocycles. The van der Waals surface area contributed by atoms with Gasteiger partial charge in [-0.05, 0) is 11.6 Å². The second-order valence-corrected chi connectivity index (χ2v) is 3.44. The number of alkyl halides is 5. The zero-order valence-corrected chi connectivity index (χ0v) is 8.68. The summed E-state index contributed by atoms with van der Waals surface area (Å²) in [5.74, 6) is -7.73. The first-order valence-electron chi connectivity index (χ1n) is 4.48. The van der Waals surface area contributed by atoms with Gasteiger partial charge in [-0.3, -0.25) is 4.79 Å². The quantitative estimate of drug-likeness (QED) is 0.822. The Balaban J connectivity index is 2.61. The molecule has 1 heterocycles. The van der Waals surface area contributed by atoms with E-state index in [0.29, 0.717) is 5.56 Å². The standard InChI is InChI=1S/C9H9F5N2O/c1-16-3-2-6(5-16)4-15-7(17)8(10,11)9(12,13)14/h2-3,5H,4H2,1H3,(H,15,17). The summed E-state index contributed by atoms with van der Waals surface area (Å²) in [6.45, 7) is -0.384. The highest BCUT2D eigenvalue weighted by Crippen LogP contribution is 2.35. The summed E-state index contributed by atoms with van der Waals surface area (Å²) in [7, 11) is 1.65. The molecule has 0 radical (unpaired) electrons. The van der Waals surface area contributed by atoms with Gasteiger partial charge < -0.3 is 9.88 Å². The molecule has 0 aromatic carbocycles. The van der Waals surface area contributed by atoms with Gasteiger partial charge in [0.15, 0.2) is 0 Å². The van der Waals surface area contributed by atoms with Crippen LogP contribution in [0.4, 0.5) is 22.0 Å². The lowest BCUT2D eigenvalue weighted by Gasteiger charge is -2.18. The first-order chi connectivity index (χ1) is 7.64. The molecule has 3 nitrogen and oxygen atoms in total. The van der Waals surface area contributed by atoms with Crippen LogP contribution in [0.1, 0.15) is 5.56 Å². The van der Waals surface area contributed by atoms with Gasteiger partial charge >= 0.3 is 18.0 Å². The Morgan fingerprint density at radius 1 is 1.35 bits per heavy atom. The smallest absolute Gasteiger partial charge is 0.357 e. The van der Waals surface area contributed by atoms with E-state index in [2.05, 4.69) is 0 Å². The van der Waals surface area contributed by atoms with Crippen molar-refractivity contribution in [1.29, 1.82) is 0 Å². The molecule has 0 aliphatic carbocycles. The number of hydrogen-bond donors (Lipinski definition) is 1. The second-order valence-electron chi connectivity index (χ2n) is 3.44. The van der Waals surface area contributed by atoms with Crippen LogP contribution in [-0.4, -0.2) is 22.6 Å². The molecular formula is C9H9F5N2O. The van der Waals surface area contributed by atoms with Crippen LogP contribution in [0.25, 0.3) is 0 Å². The van der Waals surface area contributed by atoms with Crippen molar-refractivity contribution in [2.45, 2.75) is 18.6 Å². The Morgan fingerprint density at radius 3 is 2.35 bits per heavy atom. The number of nitrogens with zero attached hydrogens (tertiary/aromatic N) is 1. The van der Waals surface area contributed by atoms with Crippen LogP contribution >= 0.6 is 0 Å². The van der Waals surface area contributed by atoms with E-state index in [1.807, 2.05) is 0 Å². The van der Waals surface area contributed by atoms with Crippen LogP contribution in [0.3, 0.4) is 0 Å². The maximum absolute atomic E-state index is 12.5. The molecular weight excluding hydrogens is 247 g/mol. The summed E-state index contributed by atoms with van der Waals surface area (Å²) in [6.07, 6.45) is -2.82. The number of aryl methyl sites for hydroxylation is 1. The van der Waals surface area contributed by atoms with Crippen molar-refractivity contribution in [3.8, 4) is 0 Å². The van der Waals surface area contributed by atoms with Crippen LogP contribution < -0.4 is 5.32 Å². The summed E-state index contributed by atoms with van der Waals surface area (Å²) in [4.78, 5) is 10.7. The van der Waals surface area contributed by atoms with Crippen molar-refractivity contribution in [2.24, 2.45) is 7.05 Å². The van der Waals surface area contributed by atoms with Gasteiger partial charge in [0, 0.05) is 26.0 Å². The monoisotopic (exact) mass is 256 g/mol. The molecule has 0 saturated carbocycles. The normalized spacial score (nSPS) is 12.6. The highest BCUT2D eigenvalue weighted by molar-refractivity contribution is 5.84. The van der Waals surface area contributed by atoms with Crippen LogP contribution in [0.15, 0.2) is 18.5 Å². The number of rotatable bonds is 3. The Morgan fingerprint density at radius 2 is 1.94 bits per heavy atom. The summed E-state index contributed by atoms with van der Waals surface area (Å²) < 4.78 is 61.9. The van der Waals surface area contributed by atoms with E-state index in [1.54, 1.807) is 17.8 Å². The molecule has 0 spiro atoms. The van der Waals surface area contributed by atoms with Gasteiger partial charge in [0.05, 0.1) is 0 Å². The number of aromatic nitrogens is 1. The van der Waals surface area contributed by atoms with Crippen molar-refractivity contribution >= 4 is 5.91 Å². The molecule has 0 fully saturated rings. The number of nitrogens with one attached hydrogen (secondary N) is 1. The minimum Gasteiger partial charge on any atom is -0.357 e. The van der Waals surface area contributed by atoms with Gasteiger partial charge in [-0.25, -0.2) is 0 Å². The van der Waals surface area contributed by atoms with E-state index in [9.17, 15) is 26.7 Å². The fourth-order valence-corrected chi connectivity index (χ4v) is 1.09. The molecule has 0 atom stereocenters. The van der Waals surface area contributed by atoms with Gasteiger partial charge in [-0.15, -0.1) is 0 Å². The van der Waals surface area contributed by atoms with E-state index < -0.39 is 18.0 Å². The summed E-state index contributed by atoms with van der Waals surface area (Å²) in [5.41, 5.74) is 0.429. The van der Waals surface area contributed by atoms with Crippen molar-refractivity contribution in [2.75, 3.05) is 0 Å². The van der Waals surface area contributed by atoms with E-state index in [-0.39, 0.29) is 6.54 Å². The zero-order chi connectivity index (χ0) is 13.3. The molecule has 0 bridgehead atoms. The van der Waals surface area contributed by atoms with Crippen LogP contribution in [-0.2, 0) is 18.4 Å². The lowest BCUT2D eigenvalue weighted by molar-refractivity contribution is -0.269. The Kier molecular flexibility index (Phi) is 3.44. The highest BCUT2D eigenvalue weighted by Gasteiger charge is 2.63. The fourth-order valence-electron chi connectivity index (χ4n) is 1.09. The number of amides is 1. The third kappa shape index (κ3) is 2.95. The molecule has 1 amide bonds. The minimum absolute atomic E-state index is 0.384. The first kappa shape index (κ1) is 13.5. The fraction of sp³-hybridized carbons (Fsp3) is 0.444. The number of hydrogen-bond acceptors (Lipinski definition) is 1. The lowest BCUT2D eigenvalue weighted by Crippen LogP contribution is -2.50. The van der Waals surface area contributed by atoms with Gasteiger partial charge in [-0.1, -0.05) is 0 Å². The van der Waals surface area contributed by atoms with Crippen molar-refractivity contribution in [3.05, 3.63) is 24.0 Å². The average Bonchev–Trinajstić information content (AvgIpc) is 2.58. The van der Waals surface area contributed by atoms with E-state index >= 15 is 0 Å². The van der Waals surface area contributed by atoms with Crippen LogP contribution in [0.5, 0.6) is 0 Å². The predicted molar refractivity (Wildman–Crippen MR) is 48.3 cm³/mol. The Labute approximate surface area is 93.2 Å². The lowest BCUT2D eigenvalue weighted by atomic mass is 10.3. The van der Waals surface area contributed by atoms with Gasteiger partial charge in [0.2, 0.25) is 0 Å². The third-order valence-corrected chi connectivity index (χ3v) is 1.99. The molecule has 1 aromatic heterocycles. The minimum atomic E-state index is -5.88. The van der Waals surface area contributed by atoms with Crippen LogP contribution in [0, 0.1) is 0 Å². The van der Waals surface area contributed by atoms with Gasteiger partial charge in [0.25, 0.3) is 0 Å². The van der Waals surface area contributed by atoms with E-state index in [0.717, 1.165) is 0 Å². The van der Waals surface area contributed by atoms with Crippen molar-refractivity contribution < 1.29 is 26.7 Å². The summed E-state index contributed by atoms with van der Waals surface area (Å²) >= 11 is 0. The molecule has 0 aliphatic rings. The largest absolute Gasteiger partial charge is 0.463 e. The molecule has 17 heavy (non-hydrogen) atoms. The molecule has 8 heteroatoms. The topological polar surface area (TPSA) is 34.0 Å².